The third kappa shape index (κ3) is 4.72. The van der Waals surface area contributed by atoms with Crippen LogP contribution in [0.1, 0.15) is 25.7 Å². The molecule has 8 nitrogen and oxygen atoms in total. The molecule has 0 saturated heterocycles. The molecule has 2 aromatic carbocycles. The topological polar surface area (TPSA) is 139 Å². The molecular formula is C21H16F2N6O2S2. The van der Waals surface area contributed by atoms with E-state index in [4.69, 9.17) is 10.9 Å². The van der Waals surface area contributed by atoms with E-state index in [1.54, 1.807) is 30.3 Å². The number of nitrogen functional groups attached to an aromatic ring is 1. The van der Waals surface area contributed by atoms with Crippen LogP contribution in [0.4, 0.5) is 31.1 Å². The van der Waals surface area contributed by atoms with Crippen molar-refractivity contribution in [3.63, 3.8) is 0 Å². The Morgan fingerprint density at radius 2 is 1.85 bits per heavy atom. The normalized spacial score (nSPS) is 10.8. The van der Waals surface area contributed by atoms with Crippen molar-refractivity contribution < 1.29 is 18.4 Å². The fourth-order valence-corrected chi connectivity index (χ4v) is 4.06. The van der Waals surface area contributed by atoms with Crippen molar-refractivity contribution >= 4 is 57.3 Å². The fraction of sp³-hybridized carbons (Fsp3) is 0. The summed E-state index contributed by atoms with van der Waals surface area (Å²) in [6.45, 7) is 0. The van der Waals surface area contributed by atoms with Gasteiger partial charge in [0.25, 0.3) is 5.91 Å². The Bertz CT molecular complexity index is 1320. The molecule has 0 unspecified atom stereocenters. The second kappa shape index (κ2) is 9.40. The Morgan fingerprint density at radius 1 is 1.09 bits per heavy atom. The highest BCUT2D eigenvalue weighted by Crippen LogP contribution is 2.32. The molecule has 2 aromatic heterocycles. The summed E-state index contributed by atoms with van der Waals surface area (Å²) >= 11 is 1.94. The van der Waals surface area contributed by atoms with Crippen LogP contribution >= 0.6 is 23.3 Å². The zero-order valence-corrected chi connectivity index (χ0v) is 18.3. The average molecular weight is 487 g/mol. The van der Waals surface area contributed by atoms with Gasteiger partial charge in [-0.25, -0.2) is 13.8 Å². The number of hydrogen-bond acceptors (Lipinski definition) is 8. The van der Waals surface area contributed by atoms with Gasteiger partial charge in [-0.2, -0.15) is 0 Å². The average Bonchev–Trinajstić information content (AvgIpc) is 3.46. The van der Waals surface area contributed by atoms with Crippen molar-refractivity contribution in [2.75, 3.05) is 16.4 Å². The maximum Gasteiger partial charge on any atom is 0.272 e. The third-order valence-electron chi connectivity index (χ3n) is 4.51. The second-order valence-corrected chi connectivity index (χ2v) is 8.36. The number of carbonyl (C=O) groups excluding carboxylic acids is 2. The van der Waals surface area contributed by atoms with Crippen LogP contribution in [0.5, 0.6) is 0 Å². The first kappa shape index (κ1) is 22.5. The molecule has 0 spiro atoms. The molecule has 2 heterocycles. The van der Waals surface area contributed by atoms with Gasteiger partial charge in [-0.1, -0.05) is 11.3 Å². The number of amides is 1. The minimum absolute atomic E-state index is 0.141. The summed E-state index contributed by atoms with van der Waals surface area (Å²) in [6, 6.07) is 12.1. The number of carbonyl (C=O) groups is 2. The van der Waals surface area contributed by atoms with Crippen LogP contribution in [0.15, 0.2) is 59.6 Å². The maximum absolute atomic E-state index is 15.1. The van der Waals surface area contributed by atoms with Gasteiger partial charge in [0.05, 0.1) is 11.3 Å². The van der Waals surface area contributed by atoms with Gasteiger partial charge < -0.3 is 21.4 Å². The molecule has 1 amide bonds. The molecule has 0 fully saturated rings. The predicted octanol–water partition coefficient (Wildman–Crippen LogP) is 4.52. The summed E-state index contributed by atoms with van der Waals surface area (Å²) in [7, 11) is 0. The maximum atomic E-state index is 15.1. The van der Waals surface area contributed by atoms with E-state index in [0.717, 1.165) is 40.3 Å². The monoisotopic (exact) mass is 486 g/mol. The number of nitrogens with two attached hydrogens (primary N) is 2. The van der Waals surface area contributed by atoms with Crippen LogP contribution in [-0.4, -0.2) is 21.7 Å². The largest absolute Gasteiger partial charge is 0.382 e. The Hall–Kier alpha value is -3.74. The second-order valence-electron chi connectivity index (χ2n) is 6.65. The van der Waals surface area contributed by atoms with Crippen molar-refractivity contribution in [3.8, 4) is 0 Å². The Kier molecular flexibility index (Phi) is 6.40. The number of nitrogens with zero attached hydrogens (tertiary/aromatic N) is 1. The summed E-state index contributed by atoms with van der Waals surface area (Å²) < 4.78 is 29.5. The van der Waals surface area contributed by atoms with Crippen LogP contribution in [0.2, 0.25) is 0 Å². The lowest BCUT2D eigenvalue weighted by molar-refractivity contribution is 0.101. The van der Waals surface area contributed by atoms with Gasteiger partial charge in [-0.15, -0.1) is 0 Å². The van der Waals surface area contributed by atoms with Gasteiger partial charge in [0.15, 0.2) is 10.9 Å². The molecule has 0 radical (unpaired) electrons. The van der Waals surface area contributed by atoms with Crippen molar-refractivity contribution in [3.05, 3.63) is 82.5 Å². The minimum Gasteiger partial charge on any atom is -0.382 e. The van der Waals surface area contributed by atoms with E-state index in [9.17, 15) is 14.0 Å². The molecule has 0 aliphatic heterocycles. The molecule has 33 heavy (non-hydrogen) atoms. The van der Waals surface area contributed by atoms with Crippen molar-refractivity contribution in [1.82, 2.24) is 9.97 Å². The van der Waals surface area contributed by atoms with Crippen LogP contribution in [0, 0.1) is 11.6 Å². The molecule has 168 valence electrons. The highest BCUT2D eigenvalue weighted by Gasteiger charge is 2.27. The lowest BCUT2D eigenvalue weighted by Crippen LogP contribution is -2.16. The van der Waals surface area contributed by atoms with Gasteiger partial charge in [-0.05, 0) is 60.5 Å². The Labute approximate surface area is 194 Å². The van der Waals surface area contributed by atoms with Crippen LogP contribution in [-0.2, 0) is 0 Å². The van der Waals surface area contributed by atoms with E-state index < -0.39 is 28.9 Å². The number of aromatic nitrogens is 2. The summed E-state index contributed by atoms with van der Waals surface area (Å²) in [6.07, 6.45) is 1.52. The lowest BCUT2D eigenvalue weighted by atomic mass is 10.1. The number of benzene rings is 2. The van der Waals surface area contributed by atoms with E-state index in [0.29, 0.717) is 5.69 Å². The fourth-order valence-electron chi connectivity index (χ4n) is 2.92. The van der Waals surface area contributed by atoms with Crippen LogP contribution in [0.3, 0.4) is 0 Å². The molecule has 0 aliphatic rings. The molecular weight excluding hydrogens is 470 g/mol. The zero-order valence-electron chi connectivity index (χ0n) is 16.7. The molecule has 4 aromatic rings. The first-order valence-electron chi connectivity index (χ1n) is 9.35. The molecule has 0 atom stereocenters. The SMILES string of the molecule is NSc1ccc(Nc2nc(N)c(C(=O)c3c(F)ccc(NC(=O)c4ccc[nH]4)c3F)s2)cc1. The number of anilines is 4. The zero-order chi connectivity index (χ0) is 23.5. The van der Waals surface area contributed by atoms with E-state index in [2.05, 4.69) is 20.6 Å². The number of halogens is 2. The summed E-state index contributed by atoms with van der Waals surface area (Å²) in [5.41, 5.74) is 5.50. The van der Waals surface area contributed by atoms with E-state index in [1.807, 2.05) is 0 Å². The smallest absolute Gasteiger partial charge is 0.272 e. The van der Waals surface area contributed by atoms with Crippen molar-refractivity contribution in [2.24, 2.45) is 5.14 Å². The van der Waals surface area contributed by atoms with Crippen molar-refractivity contribution in [2.45, 2.75) is 4.90 Å². The molecule has 7 N–H and O–H groups in total. The van der Waals surface area contributed by atoms with Gasteiger partial charge in [-0.3, -0.25) is 14.7 Å². The first-order chi connectivity index (χ1) is 15.9. The predicted molar refractivity (Wildman–Crippen MR) is 125 cm³/mol. The Morgan fingerprint density at radius 3 is 2.52 bits per heavy atom. The van der Waals surface area contributed by atoms with E-state index >= 15 is 4.39 Å². The number of nitrogens with one attached hydrogen (secondary N) is 3. The summed E-state index contributed by atoms with van der Waals surface area (Å²) in [4.78, 5) is 32.6. The Balaban J connectivity index is 1.60. The first-order valence-corrected chi connectivity index (χ1v) is 11.0. The molecule has 0 bridgehead atoms. The van der Waals surface area contributed by atoms with Gasteiger partial charge in [0, 0.05) is 16.8 Å². The quantitative estimate of drug-likeness (QED) is 0.191. The van der Waals surface area contributed by atoms with E-state index in [1.165, 1.54) is 12.3 Å². The number of rotatable bonds is 7. The number of ketones is 1. The van der Waals surface area contributed by atoms with Crippen LogP contribution in [0.25, 0.3) is 0 Å². The van der Waals surface area contributed by atoms with Gasteiger partial charge >= 0.3 is 0 Å². The van der Waals surface area contributed by atoms with E-state index in [-0.39, 0.29) is 27.2 Å². The number of hydrogen-bond donors (Lipinski definition) is 5. The third-order valence-corrected chi connectivity index (χ3v) is 6.04. The highest BCUT2D eigenvalue weighted by molar-refractivity contribution is 7.97. The number of aromatic amines is 1. The molecule has 0 aliphatic carbocycles. The lowest BCUT2D eigenvalue weighted by Gasteiger charge is -2.09. The van der Waals surface area contributed by atoms with Gasteiger partial charge in [0.1, 0.15) is 22.2 Å². The highest BCUT2D eigenvalue weighted by atomic mass is 32.2. The van der Waals surface area contributed by atoms with Crippen LogP contribution < -0.4 is 21.5 Å². The minimum atomic E-state index is -1.21. The number of H-pyrrole nitrogens is 1. The summed E-state index contributed by atoms with van der Waals surface area (Å²) in [5, 5.41) is 11.1. The molecule has 0 saturated carbocycles. The van der Waals surface area contributed by atoms with Crippen molar-refractivity contribution in [1.29, 1.82) is 0 Å². The van der Waals surface area contributed by atoms with Gasteiger partial charge in [0.2, 0.25) is 5.78 Å². The standard InChI is InChI=1S/C21H16F2N6O2S2/c22-12-7-8-13(28-20(31)14-2-1-9-26-14)16(23)15(12)17(30)18-19(24)29-21(32-18)27-10-3-5-11(33-25)6-4-10/h1-9,26H,24-25H2,(H,27,29)(H,28,31). The number of thiazole rings is 1. The summed E-state index contributed by atoms with van der Waals surface area (Å²) in [5.74, 6) is -4.11. The molecule has 12 heteroatoms. The molecule has 4 rings (SSSR count).